The SMILES string of the molecule is CCCCC(C)(C)C(C)C1=CN(C)C1. The Morgan fingerprint density at radius 3 is 2.50 bits per heavy atom. The lowest BCUT2D eigenvalue weighted by atomic mass is 9.71. The molecule has 0 radical (unpaired) electrons. The summed E-state index contributed by atoms with van der Waals surface area (Å²) in [6.45, 7) is 10.7. The largest absolute Gasteiger partial charge is 0.376 e. The summed E-state index contributed by atoms with van der Waals surface area (Å²) in [6, 6.07) is 0. The van der Waals surface area contributed by atoms with Crippen LogP contribution < -0.4 is 0 Å². The first-order valence-corrected chi connectivity index (χ1v) is 5.88. The van der Waals surface area contributed by atoms with E-state index in [0.717, 1.165) is 5.92 Å². The molecule has 0 aromatic carbocycles. The van der Waals surface area contributed by atoms with E-state index < -0.39 is 0 Å². The van der Waals surface area contributed by atoms with E-state index >= 15 is 0 Å². The van der Waals surface area contributed by atoms with Crippen LogP contribution in [0.1, 0.15) is 47.0 Å². The second kappa shape index (κ2) is 4.37. The van der Waals surface area contributed by atoms with Gasteiger partial charge in [-0.3, -0.25) is 0 Å². The summed E-state index contributed by atoms with van der Waals surface area (Å²) in [6.07, 6.45) is 6.33. The van der Waals surface area contributed by atoms with Gasteiger partial charge in [0.05, 0.1) is 0 Å². The van der Waals surface area contributed by atoms with Crippen LogP contribution in [0.2, 0.25) is 0 Å². The monoisotopic (exact) mass is 195 g/mol. The zero-order valence-electron chi connectivity index (χ0n) is 10.4. The Morgan fingerprint density at radius 2 is 2.07 bits per heavy atom. The first-order chi connectivity index (χ1) is 6.47. The van der Waals surface area contributed by atoms with Crippen molar-refractivity contribution in [2.45, 2.75) is 47.0 Å². The highest BCUT2D eigenvalue weighted by Gasteiger charge is 2.30. The molecular formula is C13H25N. The molecule has 0 spiro atoms. The second-order valence-electron chi connectivity index (χ2n) is 5.43. The summed E-state index contributed by atoms with van der Waals surface area (Å²) in [5, 5.41) is 0. The molecule has 1 aliphatic rings. The van der Waals surface area contributed by atoms with Gasteiger partial charge in [-0.05, 0) is 23.3 Å². The normalized spacial score (nSPS) is 18.9. The van der Waals surface area contributed by atoms with Gasteiger partial charge >= 0.3 is 0 Å². The summed E-state index contributed by atoms with van der Waals surface area (Å²) in [7, 11) is 2.15. The summed E-state index contributed by atoms with van der Waals surface area (Å²) < 4.78 is 0. The van der Waals surface area contributed by atoms with Gasteiger partial charge in [-0.15, -0.1) is 0 Å². The number of likely N-dealkylation sites (N-methyl/N-ethyl adjacent to an activating group) is 1. The van der Waals surface area contributed by atoms with Crippen LogP contribution in [0.4, 0.5) is 0 Å². The molecule has 0 saturated heterocycles. The van der Waals surface area contributed by atoms with Crippen molar-refractivity contribution in [1.29, 1.82) is 0 Å². The van der Waals surface area contributed by atoms with Crippen molar-refractivity contribution in [2.24, 2.45) is 11.3 Å². The summed E-state index contributed by atoms with van der Waals surface area (Å²) in [5.41, 5.74) is 2.11. The Hall–Kier alpha value is -0.460. The van der Waals surface area contributed by atoms with Crippen LogP contribution in [0.5, 0.6) is 0 Å². The van der Waals surface area contributed by atoms with Crippen molar-refractivity contribution in [2.75, 3.05) is 13.6 Å². The van der Waals surface area contributed by atoms with Crippen LogP contribution in [0.25, 0.3) is 0 Å². The minimum absolute atomic E-state index is 0.475. The number of hydrogen-bond acceptors (Lipinski definition) is 1. The third kappa shape index (κ3) is 2.52. The van der Waals surface area contributed by atoms with E-state index in [0.29, 0.717) is 5.41 Å². The number of hydrogen-bond donors (Lipinski definition) is 0. The molecular weight excluding hydrogens is 170 g/mol. The lowest BCUT2D eigenvalue weighted by Gasteiger charge is -2.39. The maximum absolute atomic E-state index is 2.41. The summed E-state index contributed by atoms with van der Waals surface area (Å²) >= 11 is 0. The molecule has 1 nitrogen and oxygen atoms in total. The maximum Gasteiger partial charge on any atom is 0.0400 e. The minimum atomic E-state index is 0.475. The van der Waals surface area contributed by atoms with Gasteiger partial charge < -0.3 is 4.90 Å². The first-order valence-electron chi connectivity index (χ1n) is 5.88. The molecule has 0 aromatic rings. The molecule has 1 heteroatoms. The Labute approximate surface area is 89.2 Å². The quantitative estimate of drug-likeness (QED) is 0.647. The summed E-state index contributed by atoms with van der Waals surface area (Å²) in [4.78, 5) is 2.27. The van der Waals surface area contributed by atoms with Gasteiger partial charge in [-0.1, -0.05) is 40.5 Å². The fourth-order valence-electron chi connectivity index (χ4n) is 2.14. The van der Waals surface area contributed by atoms with Crippen LogP contribution in [-0.4, -0.2) is 18.5 Å². The molecule has 1 heterocycles. The summed E-state index contributed by atoms with van der Waals surface area (Å²) in [5.74, 6) is 0.741. The molecule has 0 saturated carbocycles. The van der Waals surface area contributed by atoms with Gasteiger partial charge in [-0.2, -0.15) is 0 Å². The molecule has 0 aliphatic carbocycles. The van der Waals surface area contributed by atoms with Crippen LogP contribution in [-0.2, 0) is 0 Å². The van der Waals surface area contributed by atoms with E-state index in [2.05, 4.69) is 45.8 Å². The van der Waals surface area contributed by atoms with Gasteiger partial charge in [0.15, 0.2) is 0 Å². The zero-order chi connectivity index (χ0) is 10.8. The van der Waals surface area contributed by atoms with Crippen molar-refractivity contribution in [3.63, 3.8) is 0 Å². The van der Waals surface area contributed by atoms with Gasteiger partial charge in [0.25, 0.3) is 0 Å². The second-order valence-corrected chi connectivity index (χ2v) is 5.43. The third-order valence-corrected chi connectivity index (χ3v) is 3.72. The number of rotatable bonds is 5. The minimum Gasteiger partial charge on any atom is -0.376 e. The molecule has 0 fully saturated rings. The third-order valence-electron chi connectivity index (χ3n) is 3.72. The van der Waals surface area contributed by atoms with Gasteiger partial charge in [0.2, 0.25) is 0 Å². The Morgan fingerprint density at radius 1 is 1.50 bits per heavy atom. The van der Waals surface area contributed by atoms with Crippen LogP contribution >= 0.6 is 0 Å². The van der Waals surface area contributed by atoms with Crippen molar-refractivity contribution in [3.8, 4) is 0 Å². The van der Waals surface area contributed by atoms with E-state index in [4.69, 9.17) is 0 Å². The van der Waals surface area contributed by atoms with E-state index in [-0.39, 0.29) is 0 Å². The van der Waals surface area contributed by atoms with Crippen molar-refractivity contribution in [1.82, 2.24) is 4.90 Å². The molecule has 82 valence electrons. The van der Waals surface area contributed by atoms with E-state index in [1.54, 1.807) is 5.57 Å². The molecule has 1 rings (SSSR count). The number of nitrogens with zero attached hydrogens (tertiary/aromatic N) is 1. The lowest BCUT2D eigenvalue weighted by Crippen LogP contribution is -2.34. The predicted molar refractivity (Wildman–Crippen MR) is 63.2 cm³/mol. The topological polar surface area (TPSA) is 3.24 Å². The van der Waals surface area contributed by atoms with Gasteiger partial charge in [0, 0.05) is 19.8 Å². The molecule has 0 N–H and O–H groups in total. The van der Waals surface area contributed by atoms with Crippen LogP contribution in [0, 0.1) is 11.3 Å². The lowest BCUT2D eigenvalue weighted by molar-refractivity contribution is 0.213. The van der Waals surface area contributed by atoms with E-state index in [1.807, 2.05) is 0 Å². The molecule has 1 aliphatic heterocycles. The molecule has 0 amide bonds. The van der Waals surface area contributed by atoms with Crippen LogP contribution in [0.15, 0.2) is 11.8 Å². The fourth-order valence-corrected chi connectivity index (χ4v) is 2.14. The fraction of sp³-hybridized carbons (Fsp3) is 0.846. The van der Waals surface area contributed by atoms with Crippen molar-refractivity contribution in [3.05, 3.63) is 11.8 Å². The van der Waals surface area contributed by atoms with Gasteiger partial charge in [-0.25, -0.2) is 0 Å². The molecule has 0 aromatic heterocycles. The van der Waals surface area contributed by atoms with Crippen molar-refractivity contribution < 1.29 is 0 Å². The molecule has 1 unspecified atom stereocenters. The average molecular weight is 195 g/mol. The Bertz CT molecular complexity index is 215. The maximum atomic E-state index is 2.41. The first kappa shape index (κ1) is 11.6. The average Bonchev–Trinajstić information content (AvgIpc) is 2.08. The zero-order valence-corrected chi connectivity index (χ0v) is 10.4. The predicted octanol–water partition coefficient (Wildman–Crippen LogP) is 3.67. The highest BCUT2D eigenvalue weighted by Crippen LogP contribution is 2.39. The Balaban J connectivity index is 2.50. The molecule has 1 atom stereocenters. The smallest absolute Gasteiger partial charge is 0.0400 e. The molecule has 0 bridgehead atoms. The Kier molecular flexibility index (Phi) is 3.63. The number of unbranched alkanes of at least 4 members (excludes halogenated alkanes) is 1. The van der Waals surface area contributed by atoms with Crippen molar-refractivity contribution >= 4 is 0 Å². The van der Waals surface area contributed by atoms with Crippen LogP contribution in [0.3, 0.4) is 0 Å². The standard InChI is InChI=1S/C13H25N/c1-6-7-8-13(3,4)11(2)12-9-14(5)10-12/h9,11H,6-8,10H2,1-5H3. The highest BCUT2D eigenvalue weighted by molar-refractivity contribution is 5.18. The van der Waals surface area contributed by atoms with E-state index in [1.165, 1.54) is 25.8 Å². The van der Waals surface area contributed by atoms with E-state index in [9.17, 15) is 0 Å². The van der Waals surface area contributed by atoms with Gasteiger partial charge in [0.1, 0.15) is 0 Å². The molecule has 14 heavy (non-hydrogen) atoms. The highest BCUT2D eigenvalue weighted by atomic mass is 15.1.